The number of aromatic nitrogens is 1. The number of para-hydroxylation sites is 1. The van der Waals surface area contributed by atoms with Crippen molar-refractivity contribution in [2.75, 3.05) is 13.1 Å². The fraction of sp³-hybridized carbons (Fsp3) is 0.333. The molecule has 0 bridgehead atoms. The predicted octanol–water partition coefficient (Wildman–Crippen LogP) is 3.62. The molecule has 3 rings (SSSR count). The Morgan fingerprint density at radius 1 is 1.29 bits per heavy atom. The number of likely N-dealkylation sites (tertiary alicyclic amines) is 1. The largest absolute Gasteiger partial charge is 0.346 e. The lowest BCUT2D eigenvalue weighted by Crippen LogP contribution is -2.27. The molecule has 0 saturated carbocycles. The zero-order chi connectivity index (χ0) is 14.8. The van der Waals surface area contributed by atoms with Gasteiger partial charge in [-0.25, -0.2) is 4.79 Å². The molecule has 0 radical (unpaired) electrons. The van der Waals surface area contributed by atoms with Crippen LogP contribution in [0.2, 0.25) is 5.02 Å². The van der Waals surface area contributed by atoms with Crippen molar-refractivity contribution in [3.05, 3.63) is 45.2 Å². The van der Waals surface area contributed by atoms with Crippen molar-refractivity contribution in [3.63, 3.8) is 0 Å². The van der Waals surface area contributed by atoms with Crippen LogP contribution < -0.4 is 4.80 Å². The maximum absolute atomic E-state index is 12.2. The minimum atomic E-state index is -0.157. The molecule has 0 spiro atoms. The summed E-state index contributed by atoms with van der Waals surface area (Å²) < 4.78 is 1.89. The maximum atomic E-state index is 12.2. The Kier molecular flexibility index (Phi) is 4.12. The molecule has 6 heteroatoms. The number of carbonyl (C=O) groups is 1. The highest BCUT2D eigenvalue weighted by Gasteiger charge is 2.17. The quantitative estimate of drug-likeness (QED) is 0.790. The number of thiazole rings is 1. The lowest BCUT2D eigenvalue weighted by molar-refractivity contribution is 0.218. The first-order valence-corrected chi connectivity index (χ1v) is 8.12. The van der Waals surface area contributed by atoms with Crippen LogP contribution in [-0.4, -0.2) is 28.6 Å². The summed E-state index contributed by atoms with van der Waals surface area (Å²) in [5.41, 5.74) is 0.844. The average Bonchev–Trinajstić information content (AvgIpc) is 3.09. The fourth-order valence-electron chi connectivity index (χ4n) is 2.41. The summed E-state index contributed by atoms with van der Waals surface area (Å²) in [6.45, 7) is 3.61. The molecular weight excluding hydrogens is 306 g/mol. The molecule has 0 unspecified atom stereocenters. The topological polar surface area (TPSA) is 37.6 Å². The van der Waals surface area contributed by atoms with Crippen LogP contribution in [0, 0.1) is 6.92 Å². The number of hydrogen-bond acceptors (Lipinski definition) is 2. The van der Waals surface area contributed by atoms with Gasteiger partial charge in [0.25, 0.3) is 0 Å². The number of hydrogen-bond donors (Lipinski definition) is 0. The number of halogens is 1. The zero-order valence-corrected chi connectivity index (χ0v) is 13.3. The molecule has 2 heterocycles. The Morgan fingerprint density at radius 2 is 2.00 bits per heavy atom. The molecule has 1 saturated heterocycles. The predicted molar refractivity (Wildman–Crippen MR) is 85.2 cm³/mol. The summed E-state index contributed by atoms with van der Waals surface area (Å²) >= 11 is 7.75. The summed E-state index contributed by atoms with van der Waals surface area (Å²) in [6.07, 6.45) is 4.09. The molecule has 2 amide bonds. The van der Waals surface area contributed by atoms with E-state index in [2.05, 4.69) is 4.99 Å². The number of benzene rings is 1. The second-order valence-electron chi connectivity index (χ2n) is 5.03. The summed E-state index contributed by atoms with van der Waals surface area (Å²) in [7, 11) is 0. The van der Waals surface area contributed by atoms with Crippen molar-refractivity contribution in [2.45, 2.75) is 19.8 Å². The van der Waals surface area contributed by atoms with E-state index in [1.807, 2.05) is 42.0 Å². The van der Waals surface area contributed by atoms with Gasteiger partial charge in [0.1, 0.15) is 0 Å². The molecule has 0 atom stereocenters. The second kappa shape index (κ2) is 6.03. The third-order valence-electron chi connectivity index (χ3n) is 3.45. The van der Waals surface area contributed by atoms with Gasteiger partial charge in [-0.2, -0.15) is 4.99 Å². The lowest BCUT2D eigenvalue weighted by Gasteiger charge is -2.10. The molecular formula is C15H16ClN3OS. The van der Waals surface area contributed by atoms with Crippen molar-refractivity contribution in [2.24, 2.45) is 4.99 Å². The van der Waals surface area contributed by atoms with Crippen LogP contribution in [0.5, 0.6) is 0 Å². The monoisotopic (exact) mass is 321 g/mol. The van der Waals surface area contributed by atoms with Crippen molar-refractivity contribution < 1.29 is 4.79 Å². The zero-order valence-electron chi connectivity index (χ0n) is 11.8. The Hall–Kier alpha value is -1.59. The van der Waals surface area contributed by atoms with Gasteiger partial charge >= 0.3 is 6.03 Å². The average molecular weight is 322 g/mol. The summed E-state index contributed by atoms with van der Waals surface area (Å²) in [6, 6.07) is 7.41. The SMILES string of the molecule is Cc1cn(-c2ccccc2Cl)/c(=N/C(=O)N2CCCC2)s1. The van der Waals surface area contributed by atoms with E-state index in [1.165, 1.54) is 11.3 Å². The van der Waals surface area contributed by atoms with Crippen molar-refractivity contribution in [1.29, 1.82) is 0 Å². The van der Waals surface area contributed by atoms with Crippen LogP contribution in [0.15, 0.2) is 35.5 Å². The van der Waals surface area contributed by atoms with Crippen LogP contribution in [0.4, 0.5) is 4.79 Å². The molecule has 1 aliphatic heterocycles. The van der Waals surface area contributed by atoms with E-state index < -0.39 is 0 Å². The van der Waals surface area contributed by atoms with E-state index in [0.29, 0.717) is 9.82 Å². The molecule has 1 aromatic heterocycles. The summed E-state index contributed by atoms with van der Waals surface area (Å²) in [5, 5.41) is 0.644. The van der Waals surface area contributed by atoms with E-state index >= 15 is 0 Å². The standard InChI is InChI=1S/C15H16ClN3OS/c1-11-10-19(13-7-3-2-6-12(13)16)15(21-11)17-14(20)18-8-4-5-9-18/h2-3,6-7,10H,4-5,8-9H2,1H3/b17-15-. The molecule has 1 aliphatic rings. The molecule has 0 N–H and O–H groups in total. The fourth-order valence-corrected chi connectivity index (χ4v) is 3.46. The third kappa shape index (κ3) is 3.04. The number of carbonyl (C=O) groups excluding carboxylic acids is 1. The number of rotatable bonds is 1. The van der Waals surface area contributed by atoms with Crippen molar-refractivity contribution in [1.82, 2.24) is 9.47 Å². The smallest absolute Gasteiger partial charge is 0.323 e. The number of urea groups is 1. The van der Waals surface area contributed by atoms with Crippen molar-refractivity contribution >= 4 is 29.0 Å². The van der Waals surface area contributed by atoms with Gasteiger partial charge in [0, 0.05) is 24.2 Å². The van der Waals surface area contributed by atoms with Crippen LogP contribution in [0.3, 0.4) is 0 Å². The van der Waals surface area contributed by atoms with Crippen LogP contribution in [-0.2, 0) is 0 Å². The second-order valence-corrected chi connectivity index (χ2v) is 6.65. The molecule has 21 heavy (non-hydrogen) atoms. The molecule has 0 aliphatic carbocycles. The van der Waals surface area contributed by atoms with Crippen molar-refractivity contribution in [3.8, 4) is 5.69 Å². The van der Waals surface area contributed by atoms with E-state index in [1.54, 1.807) is 4.90 Å². The number of amides is 2. The molecule has 1 aromatic carbocycles. The van der Waals surface area contributed by atoms with Gasteiger partial charge in [-0.1, -0.05) is 23.7 Å². The molecule has 110 valence electrons. The third-order valence-corrected chi connectivity index (χ3v) is 4.67. The molecule has 2 aromatic rings. The van der Waals surface area contributed by atoms with Gasteiger partial charge in [-0.15, -0.1) is 11.3 Å². The van der Waals surface area contributed by atoms with Gasteiger partial charge in [0.15, 0.2) is 4.80 Å². The highest BCUT2D eigenvalue weighted by Crippen LogP contribution is 2.20. The van der Waals surface area contributed by atoms with Gasteiger partial charge < -0.3 is 4.90 Å². The summed E-state index contributed by atoms with van der Waals surface area (Å²) in [5.74, 6) is 0. The van der Waals surface area contributed by atoms with E-state index in [0.717, 1.165) is 36.5 Å². The van der Waals surface area contributed by atoms with Gasteiger partial charge in [0.2, 0.25) is 0 Å². The summed E-state index contributed by atoms with van der Waals surface area (Å²) in [4.78, 5) is 20.0. The molecule has 1 fully saturated rings. The highest BCUT2D eigenvalue weighted by atomic mass is 35.5. The first-order valence-electron chi connectivity index (χ1n) is 6.93. The van der Waals surface area contributed by atoms with E-state index in [4.69, 9.17) is 11.6 Å². The number of nitrogens with zero attached hydrogens (tertiary/aromatic N) is 3. The first kappa shape index (κ1) is 14.4. The highest BCUT2D eigenvalue weighted by molar-refractivity contribution is 7.09. The minimum Gasteiger partial charge on any atom is -0.323 e. The Labute approximate surface area is 132 Å². The van der Waals surface area contributed by atoms with Crippen LogP contribution in [0.1, 0.15) is 17.7 Å². The van der Waals surface area contributed by atoms with E-state index in [9.17, 15) is 4.79 Å². The maximum Gasteiger partial charge on any atom is 0.346 e. The van der Waals surface area contributed by atoms with Crippen LogP contribution >= 0.6 is 22.9 Å². The minimum absolute atomic E-state index is 0.157. The van der Waals surface area contributed by atoms with Gasteiger partial charge in [-0.05, 0) is 31.9 Å². The van der Waals surface area contributed by atoms with Gasteiger partial charge in [-0.3, -0.25) is 4.57 Å². The Balaban J connectivity index is 2.04. The van der Waals surface area contributed by atoms with Gasteiger partial charge in [0.05, 0.1) is 10.7 Å². The number of aryl methyl sites for hydroxylation is 1. The first-order chi connectivity index (χ1) is 10.1. The normalized spacial score (nSPS) is 15.7. The van der Waals surface area contributed by atoms with Crippen LogP contribution in [0.25, 0.3) is 5.69 Å². The molecule has 4 nitrogen and oxygen atoms in total. The Morgan fingerprint density at radius 3 is 2.71 bits per heavy atom. The van der Waals surface area contributed by atoms with E-state index in [-0.39, 0.29) is 6.03 Å². The lowest BCUT2D eigenvalue weighted by atomic mass is 10.3. The Bertz CT molecular complexity index is 729.